The lowest BCUT2D eigenvalue weighted by Gasteiger charge is -2.18. The Morgan fingerprint density at radius 3 is 1.61 bits per heavy atom. The standard InChI is InChI=1S/C19H18N2O2/c1-2-3-4-19(15-5-9-17(10-6-15)22-13-20)16-7-11-18(12-8-16)23-14-21/h5-12,19H,2-4H2,1H3. The van der Waals surface area contributed by atoms with Gasteiger partial charge in [-0.25, -0.2) is 0 Å². The van der Waals surface area contributed by atoms with Gasteiger partial charge in [-0.05, 0) is 41.8 Å². The molecule has 0 aliphatic rings. The van der Waals surface area contributed by atoms with Gasteiger partial charge in [-0.1, -0.05) is 44.0 Å². The summed E-state index contributed by atoms with van der Waals surface area (Å²) in [6.07, 6.45) is 6.64. The summed E-state index contributed by atoms with van der Waals surface area (Å²) in [5.74, 6) is 1.36. The first-order chi connectivity index (χ1) is 11.3. The average molecular weight is 306 g/mol. The zero-order valence-electron chi connectivity index (χ0n) is 13.0. The fourth-order valence-corrected chi connectivity index (χ4v) is 2.58. The third-order valence-electron chi connectivity index (χ3n) is 3.74. The van der Waals surface area contributed by atoms with Gasteiger partial charge in [0, 0.05) is 5.92 Å². The molecule has 0 saturated heterocycles. The Morgan fingerprint density at radius 2 is 1.26 bits per heavy atom. The zero-order chi connectivity index (χ0) is 16.5. The summed E-state index contributed by atoms with van der Waals surface area (Å²) in [7, 11) is 0. The minimum atomic E-state index is 0.266. The van der Waals surface area contributed by atoms with E-state index in [9.17, 15) is 0 Å². The van der Waals surface area contributed by atoms with E-state index < -0.39 is 0 Å². The summed E-state index contributed by atoms with van der Waals surface area (Å²) in [6.45, 7) is 2.17. The highest BCUT2D eigenvalue weighted by Crippen LogP contribution is 2.32. The van der Waals surface area contributed by atoms with E-state index >= 15 is 0 Å². The predicted molar refractivity (Wildman–Crippen MR) is 86.7 cm³/mol. The molecule has 0 aliphatic heterocycles. The van der Waals surface area contributed by atoms with E-state index in [1.165, 1.54) is 11.1 Å². The molecule has 0 aromatic heterocycles. The molecule has 2 aromatic carbocycles. The Labute approximate surface area is 136 Å². The second kappa shape index (κ2) is 8.46. The number of benzene rings is 2. The fourth-order valence-electron chi connectivity index (χ4n) is 2.58. The Kier molecular flexibility index (Phi) is 6.03. The molecule has 0 aliphatic carbocycles. The highest BCUT2D eigenvalue weighted by atomic mass is 16.5. The number of unbranched alkanes of at least 4 members (excludes halogenated alkanes) is 1. The van der Waals surface area contributed by atoms with Gasteiger partial charge in [0.15, 0.2) is 0 Å². The van der Waals surface area contributed by atoms with Crippen LogP contribution in [0.3, 0.4) is 0 Å². The first-order valence-electron chi connectivity index (χ1n) is 7.60. The van der Waals surface area contributed by atoms with Crippen molar-refractivity contribution in [3.63, 3.8) is 0 Å². The molecule has 0 radical (unpaired) electrons. The van der Waals surface area contributed by atoms with Crippen molar-refractivity contribution in [2.24, 2.45) is 0 Å². The minimum Gasteiger partial charge on any atom is -0.388 e. The van der Waals surface area contributed by atoms with Crippen molar-refractivity contribution in [2.75, 3.05) is 0 Å². The molecular weight excluding hydrogens is 288 g/mol. The molecule has 4 heteroatoms. The fraction of sp³-hybridized carbons (Fsp3) is 0.263. The van der Waals surface area contributed by atoms with E-state index in [1.54, 1.807) is 12.5 Å². The molecular formula is C19H18N2O2. The molecule has 4 nitrogen and oxygen atoms in total. The molecule has 2 aromatic rings. The van der Waals surface area contributed by atoms with Crippen LogP contribution in [0, 0.1) is 23.0 Å². The van der Waals surface area contributed by atoms with Crippen molar-refractivity contribution < 1.29 is 9.47 Å². The summed E-state index contributed by atoms with van der Waals surface area (Å²) < 4.78 is 9.66. The number of nitrogens with zero attached hydrogens (tertiary/aromatic N) is 2. The molecule has 23 heavy (non-hydrogen) atoms. The van der Waals surface area contributed by atoms with E-state index in [0.29, 0.717) is 11.5 Å². The quantitative estimate of drug-likeness (QED) is 0.694. The van der Waals surface area contributed by atoms with Crippen LogP contribution in [0.25, 0.3) is 0 Å². The molecule has 2 rings (SSSR count). The van der Waals surface area contributed by atoms with Crippen LogP contribution in [0.15, 0.2) is 48.5 Å². The Bertz CT molecular complexity index is 635. The van der Waals surface area contributed by atoms with Gasteiger partial charge < -0.3 is 9.47 Å². The largest absolute Gasteiger partial charge is 0.388 e. The highest BCUT2D eigenvalue weighted by Gasteiger charge is 2.14. The van der Waals surface area contributed by atoms with Crippen LogP contribution in [0.5, 0.6) is 11.5 Å². The van der Waals surface area contributed by atoms with Gasteiger partial charge >= 0.3 is 0 Å². The van der Waals surface area contributed by atoms with E-state index in [0.717, 1.165) is 19.3 Å². The SMILES string of the molecule is CCCCC(c1ccc(OC#N)cc1)c1ccc(OC#N)cc1. The second-order valence-corrected chi connectivity index (χ2v) is 5.22. The molecule has 0 unspecified atom stereocenters. The lowest BCUT2D eigenvalue weighted by atomic mass is 9.87. The number of rotatable bonds is 7. The summed E-state index contributed by atoms with van der Waals surface area (Å²) >= 11 is 0. The smallest absolute Gasteiger partial charge is 0.292 e. The van der Waals surface area contributed by atoms with Crippen LogP contribution in [-0.2, 0) is 0 Å². The second-order valence-electron chi connectivity index (χ2n) is 5.22. The molecule has 0 N–H and O–H groups in total. The van der Waals surface area contributed by atoms with Crippen molar-refractivity contribution in [1.29, 1.82) is 10.5 Å². The number of nitriles is 2. The summed E-state index contributed by atoms with van der Waals surface area (Å²) in [5.41, 5.74) is 2.36. The first-order valence-corrected chi connectivity index (χ1v) is 7.60. The van der Waals surface area contributed by atoms with Gasteiger partial charge in [-0.15, -0.1) is 10.5 Å². The third kappa shape index (κ3) is 4.49. The Morgan fingerprint density at radius 1 is 0.826 bits per heavy atom. The highest BCUT2D eigenvalue weighted by molar-refractivity contribution is 5.38. The molecule has 0 amide bonds. The van der Waals surface area contributed by atoms with Crippen molar-refractivity contribution in [2.45, 2.75) is 32.1 Å². The molecule has 0 atom stereocenters. The molecule has 0 spiro atoms. The zero-order valence-corrected chi connectivity index (χ0v) is 13.0. The maximum Gasteiger partial charge on any atom is 0.292 e. The van der Waals surface area contributed by atoms with Crippen LogP contribution >= 0.6 is 0 Å². The summed E-state index contributed by atoms with van der Waals surface area (Å²) in [6, 6.07) is 15.2. The van der Waals surface area contributed by atoms with E-state index in [2.05, 4.69) is 6.92 Å². The van der Waals surface area contributed by atoms with Crippen molar-refractivity contribution in [1.82, 2.24) is 0 Å². The molecule has 0 bridgehead atoms. The summed E-state index contributed by atoms with van der Waals surface area (Å²) in [5, 5.41) is 17.1. The van der Waals surface area contributed by atoms with E-state index in [1.807, 2.05) is 48.5 Å². The average Bonchev–Trinajstić information content (AvgIpc) is 2.58. The summed E-state index contributed by atoms with van der Waals surface area (Å²) in [4.78, 5) is 0. The number of hydrogen-bond donors (Lipinski definition) is 0. The van der Waals surface area contributed by atoms with Crippen LogP contribution in [0.2, 0.25) is 0 Å². The van der Waals surface area contributed by atoms with Crippen LogP contribution in [-0.4, -0.2) is 0 Å². The number of hydrogen-bond acceptors (Lipinski definition) is 4. The van der Waals surface area contributed by atoms with Crippen LogP contribution < -0.4 is 9.47 Å². The molecule has 116 valence electrons. The van der Waals surface area contributed by atoms with Crippen LogP contribution in [0.4, 0.5) is 0 Å². The monoisotopic (exact) mass is 306 g/mol. The molecule has 0 fully saturated rings. The van der Waals surface area contributed by atoms with Gasteiger partial charge in [0.05, 0.1) is 0 Å². The normalized spacial score (nSPS) is 9.91. The molecule has 0 heterocycles. The van der Waals surface area contributed by atoms with Gasteiger partial charge in [-0.3, -0.25) is 0 Å². The Hall–Kier alpha value is -2.98. The third-order valence-corrected chi connectivity index (χ3v) is 3.74. The van der Waals surface area contributed by atoms with Gasteiger partial charge in [0.25, 0.3) is 12.5 Å². The predicted octanol–water partition coefficient (Wildman–Crippen LogP) is 4.73. The minimum absolute atomic E-state index is 0.266. The van der Waals surface area contributed by atoms with E-state index in [-0.39, 0.29) is 5.92 Å². The van der Waals surface area contributed by atoms with Gasteiger partial charge in [0.2, 0.25) is 0 Å². The maximum atomic E-state index is 8.56. The lowest BCUT2D eigenvalue weighted by molar-refractivity contribution is 0.506. The Balaban J connectivity index is 2.25. The first kappa shape index (κ1) is 16.4. The topological polar surface area (TPSA) is 66.0 Å². The van der Waals surface area contributed by atoms with Crippen molar-refractivity contribution in [3.8, 4) is 24.0 Å². The van der Waals surface area contributed by atoms with Gasteiger partial charge in [0.1, 0.15) is 11.5 Å². The van der Waals surface area contributed by atoms with Crippen molar-refractivity contribution in [3.05, 3.63) is 59.7 Å². The van der Waals surface area contributed by atoms with Gasteiger partial charge in [-0.2, -0.15) is 0 Å². The van der Waals surface area contributed by atoms with Crippen molar-refractivity contribution >= 4 is 0 Å². The van der Waals surface area contributed by atoms with Crippen LogP contribution in [0.1, 0.15) is 43.2 Å². The van der Waals surface area contributed by atoms with E-state index in [4.69, 9.17) is 20.0 Å². The lowest BCUT2D eigenvalue weighted by Crippen LogP contribution is -2.01. The molecule has 0 saturated carbocycles. The maximum absolute atomic E-state index is 8.56. The number of ether oxygens (including phenoxy) is 2.